The van der Waals surface area contributed by atoms with E-state index in [4.69, 9.17) is 0 Å². The normalized spacial score (nSPS) is 10.9. The summed E-state index contributed by atoms with van der Waals surface area (Å²) in [6, 6.07) is 4.69. The number of alkyl halides is 3. The Morgan fingerprint density at radius 1 is 1.20 bits per heavy atom. The Morgan fingerprint density at radius 3 is 2.13 bits per heavy atom. The molecule has 0 N–H and O–H groups in total. The third kappa shape index (κ3) is 3.08. The second-order valence-electron chi connectivity index (χ2n) is 2.57. The van der Waals surface area contributed by atoms with Crippen LogP contribution in [-0.2, 0) is 4.79 Å². The van der Waals surface area contributed by atoms with Gasteiger partial charge in [-0.15, -0.1) is 0 Å². The van der Waals surface area contributed by atoms with Gasteiger partial charge in [0.1, 0.15) is 12.0 Å². The summed E-state index contributed by atoms with van der Waals surface area (Å²) in [6.07, 6.45) is -4.50. The summed E-state index contributed by atoms with van der Waals surface area (Å²) in [7, 11) is 0. The lowest BCUT2D eigenvalue weighted by Gasteiger charge is -2.06. The van der Waals surface area contributed by atoms with Crippen LogP contribution in [0.15, 0.2) is 24.3 Å². The highest BCUT2D eigenvalue weighted by molar-refractivity contribution is 5.79. The molecular weight excluding hydrogens is 213 g/mol. The van der Waals surface area contributed by atoms with Gasteiger partial charge in [0.05, 0.1) is 0 Å². The van der Waals surface area contributed by atoms with Gasteiger partial charge in [0.15, 0.2) is 0 Å². The average molecular weight is 218 g/mol. The molecule has 0 heterocycles. The lowest BCUT2D eigenvalue weighted by molar-refractivity contribution is -0.189. The molecule has 80 valence electrons. The maximum absolute atomic E-state index is 11.7. The molecule has 15 heavy (non-hydrogen) atoms. The van der Waals surface area contributed by atoms with Crippen molar-refractivity contribution in [2.75, 3.05) is 0 Å². The summed E-state index contributed by atoms with van der Waals surface area (Å²) in [6.45, 7) is 0. The molecule has 0 unspecified atom stereocenters. The number of hydrogen-bond donors (Lipinski definition) is 0. The van der Waals surface area contributed by atoms with Crippen LogP contribution in [0.2, 0.25) is 0 Å². The number of halogens is 3. The van der Waals surface area contributed by atoms with Crippen molar-refractivity contribution in [3.05, 3.63) is 29.8 Å². The first-order valence-electron chi connectivity index (χ1n) is 3.78. The summed E-state index contributed by atoms with van der Waals surface area (Å²) in [5.41, 5.74) is 0.279. The van der Waals surface area contributed by atoms with Crippen molar-refractivity contribution >= 4 is 12.3 Å². The van der Waals surface area contributed by atoms with Gasteiger partial charge in [-0.05, 0) is 24.3 Å². The second-order valence-corrected chi connectivity index (χ2v) is 2.57. The second kappa shape index (κ2) is 4.12. The summed E-state index contributed by atoms with van der Waals surface area (Å²) in [4.78, 5) is 20.6. The third-order valence-corrected chi connectivity index (χ3v) is 1.46. The molecule has 0 saturated carbocycles. The minimum absolute atomic E-state index is 0.261. The van der Waals surface area contributed by atoms with Crippen LogP contribution in [0.4, 0.5) is 13.2 Å². The van der Waals surface area contributed by atoms with Gasteiger partial charge in [-0.2, -0.15) is 13.2 Å². The van der Waals surface area contributed by atoms with Crippen molar-refractivity contribution in [3.8, 4) is 5.75 Å². The molecule has 6 heteroatoms. The predicted octanol–water partition coefficient (Wildman–Crippen LogP) is 1.97. The molecule has 1 rings (SSSR count). The Balaban J connectivity index is 2.74. The van der Waals surface area contributed by atoms with Crippen molar-refractivity contribution in [2.45, 2.75) is 6.18 Å². The number of ether oxygens (including phenoxy) is 1. The Hall–Kier alpha value is -1.85. The average Bonchev–Trinajstić information content (AvgIpc) is 2.17. The van der Waals surface area contributed by atoms with E-state index in [2.05, 4.69) is 4.74 Å². The number of hydrogen-bond acceptors (Lipinski definition) is 3. The number of benzene rings is 1. The van der Waals surface area contributed by atoms with Crippen molar-refractivity contribution in [1.29, 1.82) is 0 Å². The largest absolute Gasteiger partial charge is 0.491 e. The lowest BCUT2D eigenvalue weighted by atomic mass is 10.2. The van der Waals surface area contributed by atoms with Crippen LogP contribution in [0, 0.1) is 0 Å². The highest BCUT2D eigenvalue weighted by Gasteiger charge is 2.41. The fourth-order valence-electron chi connectivity index (χ4n) is 0.779. The standard InChI is InChI=1S/C9H5F3O3/c10-9(11,12)8(14)15-7-3-1-6(5-13)2-4-7/h1-5H. The molecule has 0 spiro atoms. The summed E-state index contributed by atoms with van der Waals surface area (Å²) in [5.74, 6) is -2.55. The molecule has 0 aromatic heterocycles. The zero-order valence-electron chi connectivity index (χ0n) is 7.25. The Morgan fingerprint density at radius 2 is 1.73 bits per heavy atom. The molecule has 3 nitrogen and oxygen atoms in total. The zero-order chi connectivity index (χ0) is 11.5. The molecule has 0 bridgehead atoms. The zero-order valence-corrected chi connectivity index (χ0v) is 7.25. The van der Waals surface area contributed by atoms with Crippen LogP contribution in [0.5, 0.6) is 5.75 Å². The number of rotatable bonds is 2. The van der Waals surface area contributed by atoms with Crippen LogP contribution >= 0.6 is 0 Å². The summed E-state index contributed by atoms with van der Waals surface area (Å²) >= 11 is 0. The molecule has 0 aliphatic rings. The van der Waals surface area contributed by atoms with Crippen LogP contribution in [0.3, 0.4) is 0 Å². The minimum Gasteiger partial charge on any atom is -0.420 e. The van der Waals surface area contributed by atoms with E-state index in [9.17, 15) is 22.8 Å². The van der Waals surface area contributed by atoms with Gasteiger partial charge in [0, 0.05) is 5.56 Å². The number of esters is 1. The van der Waals surface area contributed by atoms with E-state index < -0.39 is 12.1 Å². The van der Waals surface area contributed by atoms with Crippen molar-refractivity contribution in [2.24, 2.45) is 0 Å². The molecule has 0 radical (unpaired) electrons. The lowest BCUT2D eigenvalue weighted by Crippen LogP contribution is -2.27. The molecule has 1 aromatic carbocycles. The van der Waals surface area contributed by atoms with Crippen LogP contribution < -0.4 is 4.74 Å². The highest BCUT2D eigenvalue weighted by atomic mass is 19.4. The van der Waals surface area contributed by atoms with E-state index in [1.807, 2.05) is 0 Å². The molecule has 0 fully saturated rings. The van der Waals surface area contributed by atoms with Gasteiger partial charge in [0.2, 0.25) is 0 Å². The van der Waals surface area contributed by atoms with Crippen LogP contribution in [-0.4, -0.2) is 18.4 Å². The summed E-state index contributed by atoms with van der Waals surface area (Å²) in [5, 5.41) is 0. The van der Waals surface area contributed by atoms with Crippen LogP contribution in [0.25, 0.3) is 0 Å². The SMILES string of the molecule is O=Cc1ccc(OC(=O)C(F)(F)F)cc1. The van der Waals surface area contributed by atoms with E-state index in [1.54, 1.807) is 0 Å². The quantitative estimate of drug-likeness (QED) is 0.433. The van der Waals surface area contributed by atoms with E-state index in [0.29, 0.717) is 6.29 Å². The number of aldehydes is 1. The number of carbonyl (C=O) groups excluding carboxylic acids is 2. The number of carbonyl (C=O) groups is 2. The maximum atomic E-state index is 11.7. The maximum Gasteiger partial charge on any atom is 0.491 e. The topological polar surface area (TPSA) is 43.4 Å². The van der Waals surface area contributed by atoms with E-state index in [1.165, 1.54) is 12.1 Å². The Bertz CT molecular complexity index is 367. The van der Waals surface area contributed by atoms with Gasteiger partial charge in [-0.3, -0.25) is 4.79 Å². The Kier molecular flexibility index (Phi) is 3.08. The van der Waals surface area contributed by atoms with E-state index in [-0.39, 0.29) is 11.3 Å². The third-order valence-electron chi connectivity index (χ3n) is 1.46. The monoisotopic (exact) mass is 218 g/mol. The van der Waals surface area contributed by atoms with Gasteiger partial charge in [-0.25, -0.2) is 4.79 Å². The smallest absolute Gasteiger partial charge is 0.420 e. The molecule has 1 aromatic rings. The molecule has 0 amide bonds. The van der Waals surface area contributed by atoms with Gasteiger partial charge in [-0.1, -0.05) is 0 Å². The molecule has 0 atom stereocenters. The van der Waals surface area contributed by atoms with Crippen molar-refractivity contribution in [1.82, 2.24) is 0 Å². The van der Waals surface area contributed by atoms with E-state index >= 15 is 0 Å². The minimum atomic E-state index is -5.02. The van der Waals surface area contributed by atoms with Gasteiger partial charge >= 0.3 is 12.1 Å². The first-order valence-corrected chi connectivity index (χ1v) is 3.78. The van der Waals surface area contributed by atoms with Crippen molar-refractivity contribution < 1.29 is 27.5 Å². The first-order chi connectivity index (χ1) is 6.93. The predicted molar refractivity (Wildman–Crippen MR) is 43.5 cm³/mol. The van der Waals surface area contributed by atoms with E-state index in [0.717, 1.165) is 12.1 Å². The molecule has 0 aliphatic heterocycles. The van der Waals surface area contributed by atoms with Gasteiger partial charge in [0.25, 0.3) is 0 Å². The molecule has 0 saturated heterocycles. The fourth-order valence-corrected chi connectivity index (χ4v) is 0.779. The van der Waals surface area contributed by atoms with Crippen molar-refractivity contribution in [3.63, 3.8) is 0 Å². The van der Waals surface area contributed by atoms with Crippen LogP contribution in [0.1, 0.15) is 10.4 Å². The first kappa shape index (κ1) is 11.2. The summed E-state index contributed by atoms with van der Waals surface area (Å²) < 4.78 is 39.2. The highest BCUT2D eigenvalue weighted by Crippen LogP contribution is 2.19. The molecular formula is C9H5F3O3. The Labute approximate surface area is 82.5 Å². The molecule has 0 aliphatic carbocycles. The van der Waals surface area contributed by atoms with Gasteiger partial charge < -0.3 is 4.74 Å². The fraction of sp³-hybridized carbons (Fsp3) is 0.111.